The summed E-state index contributed by atoms with van der Waals surface area (Å²) in [5.41, 5.74) is 2.46. The Bertz CT molecular complexity index is 1060. The van der Waals surface area contributed by atoms with Crippen molar-refractivity contribution in [2.45, 2.75) is 44.9 Å². The molecule has 3 rings (SSSR count). The molecule has 7 nitrogen and oxygen atoms in total. The van der Waals surface area contributed by atoms with Crippen LogP contribution in [-0.4, -0.2) is 61.4 Å². The summed E-state index contributed by atoms with van der Waals surface area (Å²) in [6, 6.07) is 3.07. The number of ether oxygens (including phenoxy) is 2. The number of likely N-dealkylation sites (N-methyl/N-ethyl adjacent to an activating group) is 1. The molecule has 1 aromatic rings. The highest BCUT2D eigenvalue weighted by Gasteiger charge is 2.29. The topological polar surface area (TPSA) is 83.1 Å². The van der Waals surface area contributed by atoms with Gasteiger partial charge in [0.15, 0.2) is 0 Å². The van der Waals surface area contributed by atoms with Crippen LogP contribution in [0.5, 0.6) is 11.5 Å². The van der Waals surface area contributed by atoms with Crippen LogP contribution in [0.25, 0.3) is 5.57 Å². The number of allylic oxidation sites excluding steroid dienone is 3. The van der Waals surface area contributed by atoms with Crippen LogP contribution in [0.4, 0.5) is 8.78 Å². The molecule has 1 heterocycles. The standard InChI is InChI=1S/C26H33F2N3O4/c1-6-19(20-10-7-17(15-31(20)4)26(2,3)29-11-12-32)16-13-21(34-5)23(22(14-16)35-25(27)28)24(33)30-18-8-9-18/h6-7,10,13-15,18,25,29,32H,1,8-9,11-12H2,2-5H3,(H,30,33)/b20-19+. The third kappa shape index (κ3) is 6.29. The van der Waals surface area contributed by atoms with E-state index in [0.717, 1.165) is 24.1 Å². The Morgan fingerprint density at radius 1 is 1.31 bits per heavy atom. The van der Waals surface area contributed by atoms with E-state index >= 15 is 0 Å². The molecule has 0 unspecified atom stereocenters. The highest BCUT2D eigenvalue weighted by molar-refractivity contribution is 6.01. The first-order chi connectivity index (χ1) is 16.6. The molecule has 0 aromatic heterocycles. The van der Waals surface area contributed by atoms with Gasteiger partial charge < -0.3 is 30.1 Å². The Balaban J connectivity index is 2.04. The van der Waals surface area contributed by atoms with Crippen molar-refractivity contribution in [3.05, 3.63) is 65.5 Å². The van der Waals surface area contributed by atoms with E-state index in [1.807, 2.05) is 44.1 Å². The molecule has 1 aliphatic carbocycles. The molecule has 1 saturated carbocycles. The summed E-state index contributed by atoms with van der Waals surface area (Å²) in [5.74, 6) is -0.649. The highest BCUT2D eigenvalue weighted by Crippen LogP contribution is 2.37. The van der Waals surface area contributed by atoms with E-state index in [-0.39, 0.29) is 35.3 Å². The van der Waals surface area contributed by atoms with Gasteiger partial charge in [-0.15, -0.1) is 0 Å². The van der Waals surface area contributed by atoms with Crippen LogP contribution in [0.1, 0.15) is 42.6 Å². The number of benzene rings is 1. The first-order valence-corrected chi connectivity index (χ1v) is 11.4. The number of hydrogen-bond donors (Lipinski definition) is 3. The van der Waals surface area contributed by atoms with Crippen molar-refractivity contribution in [3.63, 3.8) is 0 Å². The number of β-amino-alcohol motifs (C(OH)–C–C–N with tert-alkyl or cyclic N) is 1. The van der Waals surface area contributed by atoms with E-state index in [9.17, 15) is 13.6 Å². The lowest BCUT2D eigenvalue weighted by atomic mass is 9.91. The van der Waals surface area contributed by atoms with Gasteiger partial charge in [0.1, 0.15) is 17.1 Å². The maximum Gasteiger partial charge on any atom is 0.387 e. The van der Waals surface area contributed by atoms with Gasteiger partial charge in [0.25, 0.3) is 5.91 Å². The number of nitrogens with one attached hydrogen (secondary N) is 2. The summed E-state index contributed by atoms with van der Waals surface area (Å²) in [7, 11) is 3.25. The Morgan fingerprint density at radius 2 is 2.00 bits per heavy atom. The number of alkyl halides is 2. The fourth-order valence-corrected chi connectivity index (χ4v) is 3.90. The van der Waals surface area contributed by atoms with Crippen molar-refractivity contribution >= 4 is 11.5 Å². The van der Waals surface area contributed by atoms with Gasteiger partial charge in [0.2, 0.25) is 0 Å². The molecule has 0 atom stereocenters. The number of carbonyl (C=O) groups excluding carboxylic acids is 1. The SMILES string of the molecule is C=C/C(=C1/C=CC(C(C)(C)NCCO)=CN1C)c1cc(OC)c(C(=O)NC2CC2)c(OC(F)F)c1. The summed E-state index contributed by atoms with van der Waals surface area (Å²) in [4.78, 5) is 14.7. The minimum absolute atomic E-state index is 0.0293. The summed E-state index contributed by atoms with van der Waals surface area (Å²) < 4.78 is 36.7. The molecule has 0 bridgehead atoms. The predicted octanol–water partition coefficient (Wildman–Crippen LogP) is 3.83. The lowest BCUT2D eigenvalue weighted by molar-refractivity contribution is -0.0502. The fraction of sp³-hybridized carbons (Fsp3) is 0.423. The number of amides is 1. The van der Waals surface area contributed by atoms with Crippen LogP contribution in [-0.2, 0) is 0 Å². The van der Waals surface area contributed by atoms with Gasteiger partial charge in [-0.25, -0.2) is 0 Å². The van der Waals surface area contributed by atoms with Crippen molar-refractivity contribution in [2.75, 3.05) is 27.3 Å². The van der Waals surface area contributed by atoms with E-state index in [0.29, 0.717) is 17.7 Å². The van der Waals surface area contributed by atoms with E-state index < -0.39 is 12.5 Å². The smallest absolute Gasteiger partial charge is 0.387 e. The van der Waals surface area contributed by atoms with E-state index in [2.05, 4.69) is 17.2 Å². The number of aliphatic hydroxyl groups excluding tert-OH is 1. The van der Waals surface area contributed by atoms with Crippen molar-refractivity contribution in [1.82, 2.24) is 15.5 Å². The predicted molar refractivity (Wildman–Crippen MR) is 131 cm³/mol. The lowest BCUT2D eigenvalue weighted by Gasteiger charge is -2.33. The number of halogens is 2. The second-order valence-corrected chi connectivity index (χ2v) is 8.98. The minimum Gasteiger partial charge on any atom is -0.496 e. The zero-order valence-electron chi connectivity index (χ0n) is 20.5. The molecule has 3 N–H and O–H groups in total. The molecule has 35 heavy (non-hydrogen) atoms. The zero-order chi connectivity index (χ0) is 25.8. The molecule has 2 aliphatic rings. The van der Waals surface area contributed by atoms with Gasteiger partial charge >= 0.3 is 6.61 Å². The van der Waals surface area contributed by atoms with Crippen LogP contribution >= 0.6 is 0 Å². The van der Waals surface area contributed by atoms with E-state index in [1.54, 1.807) is 12.1 Å². The van der Waals surface area contributed by atoms with Gasteiger partial charge in [-0.1, -0.05) is 18.7 Å². The summed E-state index contributed by atoms with van der Waals surface area (Å²) >= 11 is 0. The first-order valence-electron chi connectivity index (χ1n) is 11.4. The Morgan fingerprint density at radius 3 is 2.54 bits per heavy atom. The maximum absolute atomic E-state index is 13.3. The minimum atomic E-state index is -3.11. The molecule has 1 aromatic carbocycles. The summed E-state index contributed by atoms with van der Waals surface area (Å²) in [5, 5.41) is 15.2. The third-order valence-corrected chi connectivity index (χ3v) is 5.97. The Hall–Kier alpha value is -3.17. The number of aliphatic hydroxyl groups is 1. The van der Waals surface area contributed by atoms with Gasteiger partial charge in [0.05, 0.1) is 13.7 Å². The molecule has 1 amide bonds. The average Bonchev–Trinajstić information content (AvgIpc) is 3.62. The quantitative estimate of drug-likeness (QED) is 0.438. The molecule has 0 saturated heterocycles. The second-order valence-electron chi connectivity index (χ2n) is 8.98. The largest absolute Gasteiger partial charge is 0.496 e. The van der Waals surface area contributed by atoms with Gasteiger partial charge in [-0.3, -0.25) is 4.79 Å². The summed E-state index contributed by atoms with van der Waals surface area (Å²) in [6.45, 7) is 5.32. The van der Waals surface area contributed by atoms with Crippen LogP contribution < -0.4 is 20.1 Å². The number of hydrogen-bond acceptors (Lipinski definition) is 6. The third-order valence-electron chi connectivity index (χ3n) is 5.97. The molecule has 0 spiro atoms. The van der Waals surface area contributed by atoms with E-state index in [4.69, 9.17) is 14.6 Å². The monoisotopic (exact) mass is 489 g/mol. The van der Waals surface area contributed by atoms with Crippen LogP contribution in [0, 0.1) is 0 Å². The highest BCUT2D eigenvalue weighted by atomic mass is 19.3. The number of methoxy groups -OCH3 is 1. The molecule has 0 radical (unpaired) electrons. The van der Waals surface area contributed by atoms with Crippen LogP contribution in [0.2, 0.25) is 0 Å². The fourth-order valence-electron chi connectivity index (χ4n) is 3.90. The molecular weight excluding hydrogens is 456 g/mol. The molecule has 1 fully saturated rings. The van der Waals surface area contributed by atoms with Gasteiger partial charge in [-0.05, 0) is 56.0 Å². The molecule has 9 heteroatoms. The van der Waals surface area contributed by atoms with Gasteiger partial charge in [-0.2, -0.15) is 8.78 Å². The number of rotatable bonds is 11. The second kappa shape index (κ2) is 11.0. The van der Waals surface area contributed by atoms with E-state index in [1.165, 1.54) is 13.2 Å². The van der Waals surface area contributed by atoms with Crippen molar-refractivity contribution in [3.8, 4) is 11.5 Å². The lowest BCUT2D eigenvalue weighted by Crippen LogP contribution is -2.43. The molecule has 1 aliphatic heterocycles. The van der Waals surface area contributed by atoms with Crippen molar-refractivity contribution in [1.29, 1.82) is 0 Å². The molecule has 190 valence electrons. The number of carbonyl (C=O) groups is 1. The molecular formula is C26H33F2N3O4. The van der Waals surface area contributed by atoms with Crippen LogP contribution in [0.3, 0.4) is 0 Å². The zero-order valence-corrected chi connectivity index (χ0v) is 20.5. The Kier molecular flexibility index (Phi) is 8.34. The Labute approximate surface area is 204 Å². The summed E-state index contributed by atoms with van der Waals surface area (Å²) in [6.07, 6.45) is 9.13. The van der Waals surface area contributed by atoms with Gasteiger partial charge in [0, 0.05) is 42.6 Å². The normalized spacial score (nSPS) is 17.3. The average molecular weight is 490 g/mol. The van der Waals surface area contributed by atoms with Crippen LogP contribution in [0.15, 0.2) is 54.4 Å². The number of nitrogens with zero attached hydrogens (tertiary/aromatic N) is 1. The van der Waals surface area contributed by atoms with Crippen molar-refractivity contribution < 1.29 is 28.2 Å². The van der Waals surface area contributed by atoms with Crippen molar-refractivity contribution in [2.24, 2.45) is 0 Å². The maximum atomic E-state index is 13.3. The first kappa shape index (κ1) is 26.4.